The van der Waals surface area contributed by atoms with Crippen molar-refractivity contribution in [3.63, 3.8) is 0 Å². The lowest BCUT2D eigenvalue weighted by Crippen LogP contribution is -2.36. The highest BCUT2D eigenvalue weighted by atomic mass is 16.7. The first-order valence-corrected chi connectivity index (χ1v) is 7.29. The van der Waals surface area contributed by atoms with Gasteiger partial charge in [-0.25, -0.2) is 0 Å². The van der Waals surface area contributed by atoms with Crippen molar-refractivity contribution >= 4 is 24.3 Å². The molecule has 1 aromatic carbocycles. The average Bonchev–Trinajstić information content (AvgIpc) is 2.71. The molecule has 1 fully saturated rings. The molecule has 6 nitrogen and oxygen atoms in total. The topological polar surface area (TPSA) is 70.8 Å². The molecule has 22 heavy (non-hydrogen) atoms. The van der Waals surface area contributed by atoms with Gasteiger partial charge in [0.15, 0.2) is 0 Å². The zero-order valence-corrected chi connectivity index (χ0v) is 13.0. The minimum absolute atomic E-state index is 0.0180. The normalized spacial score (nSPS) is 25.7. The molecule has 0 unspecified atom stereocenters. The lowest BCUT2D eigenvalue weighted by Gasteiger charge is -2.21. The van der Waals surface area contributed by atoms with Gasteiger partial charge in [-0.3, -0.25) is 10.1 Å². The Morgan fingerprint density at radius 1 is 1.32 bits per heavy atom. The van der Waals surface area contributed by atoms with Crippen LogP contribution in [-0.2, 0) is 9.31 Å². The maximum atomic E-state index is 11.6. The number of nitro benzene ring substituents is 1. The first-order chi connectivity index (χ1) is 10.3. The Hall–Kier alpha value is -1.86. The molecule has 2 atom stereocenters. The molecule has 3 rings (SSSR count). The fourth-order valence-electron chi connectivity index (χ4n) is 2.62. The van der Waals surface area contributed by atoms with Gasteiger partial charge < -0.3 is 14.0 Å². The fraction of sp³-hybridized carbons (Fsp3) is 0.467. The van der Waals surface area contributed by atoms with E-state index in [2.05, 4.69) is 0 Å². The Balaban J connectivity index is 2.08. The Labute approximate surface area is 129 Å². The number of ether oxygens (including phenoxy) is 1. The number of hydrogen-bond acceptors (Lipinski definition) is 5. The molecule has 1 saturated heterocycles. The van der Waals surface area contributed by atoms with E-state index in [-0.39, 0.29) is 17.9 Å². The summed E-state index contributed by atoms with van der Waals surface area (Å²) < 4.78 is 17.3. The quantitative estimate of drug-likeness (QED) is 0.476. The van der Waals surface area contributed by atoms with Crippen molar-refractivity contribution in [3.05, 3.63) is 33.9 Å². The summed E-state index contributed by atoms with van der Waals surface area (Å²) in [5.41, 5.74) is 0.375. The van der Waals surface area contributed by atoms with E-state index in [1.54, 1.807) is 24.3 Å². The molecule has 0 bridgehead atoms. The first-order valence-electron chi connectivity index (χ1n) is 7.29. The van der Waals surface area contributed by atoms with Gasteiger partial charge in [0.05, 0.1) is 27.7 Å². The standard InChI is InChI=1S/C15H18BNO5/c1-9-5-6-11-13(20-9)8-7-12(14(11)17(18)19)16-21-10(2)15(3,4)22-16/h5-10H,1-4H3/t9-,10+/m1/s1. The monoisotopic (exact) mass is 303 g/mol. The maximum absolute atomic E-state index is 11.6. The SMILES string of the molecule is C[C@@H]1C=Cc2c(ccc(B3O[C@@H](C)C(C)(C)O3)c2[N+](=O)[O-])O1. The van der Waals surface area contributed by atoms with Crippen molar-refractivity contribution < 1.29 is 19.0 Å². The summed E-state index contributed by atoms with van der Waals surface area (Å²) in [6, 6.07) is 3.39. The highest BCUT2D eigenvalue weighted by Crippen LogP contribution is 2.35. The van der Waals surface area contributed by atoms with Crippen LogP contribution in [0.15, 0.2) is 18.2 Å². The third-order valence-electron chi connectivity index (χ3n) is 4.21. The Bertz CT molecular complexity index is 658. The molecule has 0 saturated carbocycles. The van der Waals surface area contributed by atoms with Gasteiger partial charge in [0.2, 0.25) is 0 Å². The Kier molecular flexibility index (Phi) is 3.49. The molecule has 2 aliphatic rings. The molecule has 1 aromatic rings. The van der Waals surface area contributed by atoms with Crippen LogP contribution in [0.3, 0.4) is 0 Å². The van der Waals surface area contributed by atoms with Crippen LogP contribution in [0, 0.1) is 10.1 Å². The third kappa shape index (κ3) is 2.40. The van der Waals surface area contributed by atoms with Gasteiger partial charge in [-0.1, -0.05) is 6.07 Å². The lowest BCUT2D eigenvalue weighted by molar-refractivity contribution is -0.384. The van der Waals surface area contributed by atoms with Crippen LogP contribution in [0.5, 0.6) is 5.75 Å². The molecule has 2 heterocycles. The summed E-state index contributed by atoms with van der Waals surface area (Å²) in [5.74, 6) is 0.510. The average molecular weight is 303 g/mol. The summed E-state index contributed by atoms with van der Waals surface area (Å²) in [4.78, 5) is 11.2. The predicted molar refractivity (Wildman–Crippen MR) is 83.3 cm³/mol. The van der Waals surface area contributed by atoms with Crippen molar-refractivity contribution in [2.24, 2.45) is 0 Å². The van der Waals surface area contributed by atoms with Crippen LogP contribution in [0.25, 0.3) is 6.08 Å². The van der Waals surface area contributed by atoms with Gasteiger partial charge in [-0.15, -0.1) is 0 Å². The zero-order chi connectivity index (χ0) is 16.1. The van der Waals surface area contributed by atoms with Gasteiger partial charge in [-0.05, 0) is 45.9 Å². The number of nitro groups is 1. The largest absolute Gasteiger partial charge is 0.501 e. The number of benzene rings is 1. The molecule has 0 aliphatic carbocycles. The van der Waals surface area contributed by atoms with E-state index in [4.69, 9.17) is 14.0 Å². The second-order valence-electron chi connectivity index (χ2n) is 6.19. The van der Waals surface area contributed by atoms with Crippen LogP contribution in [0.1, 0.15) is 33.3 Å². The number of fused-ring (bicyclic) bond motifs is 1. The van der Waals surface area contributed by atoms with Crippen molar-refractivity contribution in [1.82, 2.24) is 0 Å². The van der Waals surface area contributed by atoms with E-state index >= 15 is 0 Å². The van der Waals surface area contributed by atoms with E-state index in [0.717, 1.165) is 0 Å². The summed E-state index contributed by atoms with van der Waals surface area (Å²) in [6.45, 7) is 7.60. The molecule has 0 radical (unpaired) electrons. The number of rotatable bonds is 2. The molecule has 0 amide bonds. The summed E-state index contributed by atoms with van der Waals surface area (Å²) >= 11 is 0. The highest BCUT2D eigenvalue weighted by Gasteiger charge is 2.47. The zero-order valence-electron chi connectivity index (χ0n) is 13.0. The van der Waals surface area contributed by atoms with Gasteiger partial charge in [0.25, 0.3) is 5.69 Å². The maximum Gasteiger partial charge on any atom is 0.501 e. The molecular weight excluding hydrogens is 285 g/mol. The molecular formula is C15H18BNO5. The van der Waals surface area contributed by atoms with Crippen LogP contribution < -0.4 is 10.2 Å². The highest BCUT2D eigenvalue weighted by molar-refractivity contribution is 6.63. The van der Waals surface area contributed by atoms with Crippen molar-refractivity contribution in [2.75, 3.05) is 0 Å². The summed E-state index contributed by atoms with van der Waals surface area (Å²) in [5, 5.41) is 11.6. The van der Waals surface area contributed by atoms with E-state index in [1.807, 2.05) is 27.7 Å². The fourth-order valence-corrected chi connectivity index (χ4v) is 2.62. The van der Waals surface area contributed by atoms with Crippen LogP contribution in [-0.4, -0.2) is 29.9 Å². The predicted octanol–water partition coefficient (Wildman–Crippen LogP) is 2.30. The van der Waals surface area contributed by atoms with E-state index in [1.165, 1.54) is 0 Å². The lowest BCUT2D eigenvalue weighted by atomic mass is 9.76. The minimum Gasteiger partial charge on any atom is -0.486 e. The van der Waals surface area contributed by atoms with E-state index in [0.29, 0.717) is 16.8 Å². The Morgan fingerprint density at radius 3 is 2.64 bits per heavy atom. The molecule has 0 spiro atoms. The molecule has 116 valence electrons. The summed E-state index contributed by atoms with van der Waals surface area (Å²) in [7, 11) is -0.747. The van der Waals surface area contributed by atoms with Crippen molar-refractivity contribution in [3.8, 4) is 5.75 Å². The number of hydrogen-bond donors (Lipinski definition) is 0. The van der Waals surface area contributed by atoms with Gasteiger partial charge >= 0.3 is 7.12 Å². The van der Waals surface area contributed by atoms with Gasteiger partial charge in [-0.2, -0.15) is 0 Å². The first kappa shape index (κ1) is 15.1. The minimum atomic E-state index is -0.747. The Morgan fingerprint density at radius 2 is 2.05 bits per heavy atom. The summed E-state index contributed by atoms with van der Waals surface area (Å²) in [6.07, 6.45) is 3.27. The van der Waals surface area contributed by atoms with Gasteiger partial charge in [0, 0.05) is 0 Å². The van der Waals surface area contributed by atoms with Crippen LogP contribution >= 0.6 is 0 Å². The van der Waals surface area contributed by atoms with Gasteiger partial charge in [0.1, 0.15) is 11.9 Å². The van der Waals surface area contributed by atoms with Crippen molar-refractivity contribution in [2.45, 2.75) is 45.5 Å². The molecule has 0 aromatic heterocycles. The van der Waals surface area contributed by atoms with E-state index < -0.39 is 17.6 Å². The second-order valence-corrected chi connectivity index (χ2v) is 6.19. The molecule has 2 aliphatic heterocycles. The smallest absolute Gasteiger partial charge is 0.486 e. The second kappa shape index (κ2) is 5.10. The van der Waals surface area contributed by atoms with Crippen LogP contribution in [0.2, 0.25) is 0 Å². The molecule has 7 heteroatoms. The molecule has 0 N–H and O–H groups in total. The van der Waals surface area contributed by atoms with E-state index in [9.17, 15) is 10.1 Å². The van der Waals surface area contributed by atoms with Crippen molar-refractivity contribution in [1.29, 1.82) is 0 Å². The van der Waals surface area contributed by atoms with Crippen LogP contribution in [0.4, 0.5) is 5.69 Å². The third-order valence-corrected chi connectivity index (χ3v) is 4.21. The number of nitrogens with zero attached hydrogens (tertiary/aromatic N) is 1.